The molecule has 0 atom stereocenters. The normalized spacial score (nSPS) is 13.6. The fraction of sp³-hybridized carbons (Fsp3) is 0.333. The Bertz CT molecular complexity index is 1780. The van der Waals surface area contributed by atoms with Crippen molar-refractivity contribution in [1.29, 1.82) is 0 Å². The summed E-state index contributed by atoms with van der Waals surface area (Å²) in [5, 5.41) is 41.9. The zero-order chi connectivity index (χ0) is 29.1. The third-order valence-corrected chi connectivity index (χ3v) is 7.71. The Morgan fingerprint density at radius 3 is 1.71 bits per heavy atom. The lowest BCUT2D eigenvalue weighted by molar-refractivity contribution is 0.453. The van der Waals surface area contributed by atoms with Gasteiger partial charge >= 0.3 is 0 Å². The van der Waals surface area contributed by atoms with Crippen LogP contribution in [0, 0.1) is 0 Å². The number of fused-ring (bicyclic) bond motifs is 2. The van der Waals surface area contributed by atoms with E-state index >= 15 is 0 Å². The van der Waals surface area contributed by atoms with E-state index in [1.54, 1.807) is 4.80 Å². The average molecular weight is 549 g/mol. The third kappa shape index (κ3) is 4.99. The van der Waals surface area contributed by atoms with Crippen molar-refractivity contribution in [3.05, 3.63) is 88.2 Å². The molecule has 8 heteroatoms. The Kier molecular flexibility index (Phi) is 6.25. The largest absolute Gasteiger partial charge is 0.505 e. The maximum Gasteiger partial charge on any atom is 0.146 e. The summed E-state index contributed by atoms with van der Waals surface area (Å²) in [5.74, 6) is 0.178. The highest BCUT2D eigenvalue weighted by Crippen LogP contribution is 2.39. The highest BCUT2D eigenvalue weighted by atomic mass is 16.3. The van der Waals surface area contributed by atoms with Gasteiger partial charge in [0.15, 0.2) is 0 Å². The summed E-state index contributed by atoms with van der Waals surface area (Å²) in [6.07, 6.45) is 6.13. The Hall–Kier alpha value is -4.46. The predicted molar refractivity (Wildman–Crippen MR) is 161 cm³/mol. The standard InChI is InChI=1S/C33H36N6O2/c1-32(2,3)22-16-20(30(40)28(18-22)38-34-24-11-7-8-12-25(24)35-38)15-21-17-23(33(4,5)6)19-29(31(21)41)39-36-26-13-9-10-14-27(26)37-39/h7-9,11-13,16-19,40-41H,10,14-15H2,1-6H3. The number of hydrogen-bond acceptors (Lipinski definition) is 6. The molecule has 6 rings (SSSR count). The molecular formula is C33H36N6O2. The minimum absolute atomic E-state index is 0.0817. The highest BCUT2D eigenvalue weighted by Gasteiger charge is 2.25. The van der Waals surface area contributed by atoms with Crippen LogP contribution in [0.4, 0.5) is 0 Å². The minimum Gasteiger partial charge on any atom is -0.505 e. The van der Waals surface area contributed by atoms with Gasteiger partial charge in [0.1, 0.15) is 39.6 Å². The van der Waals surface area contributed by atoms with Crippen LogP contribution in [-0.2, 0) is 23.7 Å². The molecule has 2 aromatic heterocycles. The van der Waals surface area contributed by atoms with Crippen LogP contribution >= 0.6 is 0 Å². The maximum absolute atomic E-state index is 11.6. The molecular weight excluding hydrogens is 512 g/mol. The van der Waals surface area contributed by atoms with Gasteiger partial charge in [-0.25, -0.2) is 0 Å². The molecule has 0 bridgehead atoms. The number of aromatic hydroxyl groups is 2. The van der Waals surface area contributed by atoms with E-state index in [4.69, 9.17) is 5.10 Å². The van der Waals surface area contributed by atoms with E-state index in [1.807, 2.05) is 54.6 Å². The molecule has 1 aliphatic rings. The molecule has 41 heavy (non-hydrogen) atoms. The van der Waals surface area contributed by atoms with Gasteiger partial charge in [0, 0.05) is 17.5 Å². The first-order valence-corrected chi connectivity index (χ1v) is 14.1. The SMILES string of the molecule is CC(C)(C)c1cc(Cc2cc(C(C)(C)C)cc(-n3nc4ccccc4n3)c2O)c(O)c(-n2nc3c(n2)CCC=C3)c1. The Morgan fingerprint density at radius 1 is 0.707 bits per heavy atom. The first kappa shape index (κ1) is 26.7. The second-order valence-electron chi connectivity index (χ2n) is 12.9. The summed E-state index contributed by atoms with van der Waals surface area (Å²) in [5.41, 5.74) is 7.33. The van der Waals surface area contributed by atoms with Gasteiger partial charge in [-0.05, 0) is 65.1 Å². The number of phenolic OH excluding ortho intramolecular Hbond substituents is 2. The molecule has 210 valence electrons. The summed E-state index contributed by atoms with van der Waals surface area (Å²) in [4.78, 5) is 3.05. The Balaban J connectivity index is 1.51. The number of benzene rings is 3. The number of nitrogens with zero attached hydrogens (tertiary/aromatic N) is 6. The maximum atomic E-state index is 11.6. The smallest absolute Gasteiger partial charge is 0.146 e. The van der Waals surface area contributed by atoms with Crippen LogP contribution in [0.5, 0.6) is 11.5 Å². The molecule has 2 heterocycles. The van der Waals surface area contributed by atoms with Crippen molar-refractivity contribution in [2.24, 2.45) is 0 Å². The first-order chi connectivity index (χ1) is 19.4. The number of phenols is 2. The van der Waals surface area contributed by atoms with Crippen LogP contribution in [0.1, 0.15) is 81.6 Å². The number of hydrogen-bond donors (Lipinski definition) is 2. The summed E-state index contributed by atoms with van der Waals surface area (Å²) in [7, 11) is 0. The lowest BCUT2D eigenvalue weighted by atomic mass is 9.83. The van der Waals surface area contributed by atoms with Gasteiger partial charge in [0.2, 0.25) is 0 Å². The number of rotatable bonds is 4. The summed E-state index contributed by atoms with van der Waals surface area (Å²) < 4.78 is 0. The van der Waals surface area contributed by atoms with Gasteiger partial charge in [-0.15, -0.1) is 24.9 Å². The molecule has 0 saturated heterocycles. The fourth-order valence-electron chi connectivity index (χ4n) is 5.15. The minimum atomic E-state index is -0.199. The zero-order valence-electron chi connectivity index (χ0n) is 24.5. The van der Waals surface area contributed by atoms with Crippen LogP contribution in [-0.4, -0.2) is 40.2 Å². The second-order valence-corrected chi connectivity index (χ2v) is 12.9. The summed E-state index contributed by atoms with van der Waals surface area (Å²) in [6, 6.07) is 15.6. The quantitative estimate of drug-likeness (QED) is 0.264. The van der Waals surface area contributed by atoms with E-state index in [9.17, 15) is 10.2 Å². The molecule has 0 aliphatic heterocycles. The van der Waals surface area contributed by atoms with Crippen molar-refractivity contribution in [2.45, 2.75) is 71.6 Å². The lowest BCUT2D eigenvalue weighted by Crippen LogP contribution is -2.15. The van der Waals surface area contributed by atoms with Crippen molar-refractivity contribution in [3.63, 3.8) is 0 Å². The fourth-order valence-corrected chi connectivity index (χ4v) is 5.15. The first-order valence-electron chi connectivity index (χ1n) is 14.1. The molecule has 2 N–H and O–H groups in total. The molecule has 3 aromatic carbocycles. The molecule has 5 aromatic rings. The molecule has 8 nitrogen and oxygen atoms in total. The lowest BCUT2D eigenvalue weighted by Gasteiger charge is -2.24. The monoisotopic (exact) mass is 548 g/mol. The van der Waals surface area contributed by atoms with Gasteiger partial charge in [-0.3, -0.25) is 0 Å². The summed E-state index contributed by atoms with van der Waals surface area (Å²) >= 11 is 0. The van der Waals surface area contributed by atoms with E-state index in [1.165, 1.54) is 4.80 Å². The number of aromatic nitrogens is 6. The van der Waals surface area contributed by atoms with E-state index in [0.29, 0.717) is 28.9 Å². The predicted octanol–water partition coefficient (Wildman–Crippen LogP) is 6.56. The average Bonchev–Trinajstić information content (AvgIpc) is 3.54. The molecule has 0 radical (unpaired) electrons. The van der Waals surface area contributed by atoms with Gasteiger partial charge in [0.25, 0.3) is 0 Å². The Labute approximate surface area is 240 Å². The van der Waals surface area contributed by atoms with Crippen molar-refractivity contribution in [1.82, 2.24) is 30.0 Å². The molecule has 1 aliphatic carbocycles. The van der Waals surface area contributed by atoms with Crippen LogP contribution in [0.2, 0.25) is 0 Å². The van der Waals surface area contributed by atoms with E-state index in [-0.39, 0.29) is 22.3 Å². The summed E-state index contributed by atoms with van der Waals surface area (Å²) in [6.45, 7) is 12.8. The molecule has 0 fully saturated rings. The highest BCUT2D eigenvalue weighted by molar-refractivity contribution is 5.74. The van der Waals surface area contributed by atoms with Crippen molar-refractivity contribution >= 4 is 17.1 Å². The molecule has 0 amide bonds. The van der Waals surface area contributed by atoms with Crippen LogP contribution in [0.15, 0.2) is 54.6 Å². The van der Waals surface area contributed by atoms with Crippen LogP contribution in [0.3, 0.4) is 0 Å². The van der Waals surface area contributed by atoms with Gasteiger partial charge in [0.05, 0.1) is 5.69 Å². The van der Waals surface area contributed by atoms with Gasteiger partial charge in [-0.1, -0.05) is 71.9 Å². The van der Waals surface area contributed by atoms with Crippen LogP contribution < -0.4 is 0 Å². The number of aryl methyl sites for hydroxylation is 1. The van der Waals surface area contributed by atoms with Crippen molar-refractivity contribution in [3.8, 4) is 22.9 Å². The van der Waals surface area contributed by atoms with E-state index < -0.39 is 0 Å². The molecule has 0 spiro atoms. The number of allylic oxidation sites excluding steroid dienone is 1. The van der Waals surface area contributed by atoms with E-state index in [0.717, 1.165) is 46.4 Å². The second kappa shape index (κ2) is 9.58. The molecule has 0 unspecified atom stereocenters. The van der Waals surface area contributed by atoms with Gasteiger partial charge < -0.3 is 10.2 Å². The zero-order valence-corrected chi connectivity index (χ0v) is 24.5. The van der Waals surface area contributed by atoms with Crippen molar-refractivity contribution < 1.29 is 10.2 Å². The topological polar surface area (TPSA) is 102 Å². The van der Waals surface area contributed by atoms with Crippen LogP contribution in [0.25, 0.3) is 28.5 Å². The van der Waals surface area contributed by atoms with Crippen molar-refractivity contribution in [2.75, 3.05) is 0 Å². The molecule has 0 saturated carbocycles. The third-order valence-electron chi connectivity index (χ3n) is 7.71. The van der Waals surface area contributed by atoms with Gasteiger partial charge in [-0.2, -0.15) is 5.10 Å². The Morgan fingerprint density at radius 2 is 1.22 bits per heavy atom. The van der Waals surface area contributed by atoms with E-state index in [2.05, 4.69) is 62.9 Å².